The maximum absolute atomic E-state index is 6.34. The van der Waals surface area contributed by atoms with E-state index >= 15 is 0 Å². The van der Waals surface area contributed by atoms with Crippen molar-refractivity contribution in [1.29, 1.82) is 0 Å². The predicted molar refractivity (Wildman–Crippen MR) is 149 cm³/mol. The molecule has 0 radical (unpaired) electrons. The molecule has 0 aromatic rings. The number of unbranched alkanes of at least 4 members (excludes halogenated alkanes) is 24. The van der Waals surface area contributed by atoms with Gasteiger partial charge in [0.1, 0.15) is 0 Å². The van der Waals surface area contributed by atoms with Crippen molar-refractivity contribution in [3.8, 4) is 0 Å². The van der Waals surface area contributed by atoms with Gasteiger partial charge in [0.2, 0.25) is 0 Å². The molecule has 194 valence electrons. The van der Waals surface area contributed by atoms with E-state index in [1.54, 1.807) is 0 Å². The molecule has 1 heteroatoms. The third-order valence-corrected chi connectivity index (χ3v) is 7.36. The Hall–Kier alpha value is -0.0400. The summed E-state index contributed by atoms with van der Waals surface area (Å²) in [6, 6.07) is 0.468. The predicted octanol–water partition coefficient (Wildman–Crippen LogP) is 11.3. The Kier molecular flexibility index (Phi) is 29.0. The van der Waals surface area contributed by atoms with Crippen LogP contribution in [0.3, 0.4) is 0 Å². The maximum Gasteiger partial charge on any atom is 0.00388 e. The molecule has 1 atom stereocenters. The minimum absolute atomic E-state index is 0.468. The van der Waals surface area contributed by atoms with Gasteiger partial charge in [-0.3, -0.25) is 0 Å². The molecular weight excluding hydrogens is 386 g/mol. The molecule has 0 bridgehead atoms. The number of hydrogen-bond acceptors (Lipinski definition) is 1. The van der Waals surface area contributed by atoms with Gasteiger partial charge in [0.25, 0.3) is 0 Å². The highest BCUT2D eigenvalue weighted by molar-refractivity contribution is 4.62. The maximum atomic E-state index is 6.34. The molecule has 0 aliphatic rings. The van der Waals surface area contributed by atoms with Gasteiger partial charge in [-0.25, -0.2) is 0 Å². The van der Waals surface area contributed by atoms with Crippen molar-refractivity contribution >= 4 is 0 Å². The quantitative estimate of drug-likeness (QED) is 0.118. The van der Waals surface area contributed by atoms with E-state index in [2.05, 4.69) is 13.8 Å². The zero-order chi connectivity index (χ0) is 23.4. The van der Waals surface area contributed by atoms with Gasteiger partial charge in [-0.1, -0.05) is 181 Å². The molecule has 0 heterocycles. The van der Waals surface area contributed by atoms with Crippen molar-refractivity contribution < 1.29 is 0 Å². The van der Waals surface area contributed by atoms with Crippen molar-refractivity contribution in [3.63, 3.8) is 0 Å². The van der Waals surface area contributed by atoms with Crippen LogP contribution in [-0.4, -0.2) is 6.04 Å². The molecule has 1 unspecified atom stereocenters. The topological polar surface area (TPSA) is 26.0 Å². The fraction of sp³-hybridized carbons (Fsp3) is 1.00. The van der Waals surface area contributed by atoms with Crippen LogP contribution in [0, 0.1) is 0 Å². The molecule has 0 spiro atoms. The van der Waals surface area contributed by atoms with E-state index in [1.165, 1.54) is 180 Å². The molecule has 0 rings (SSSR count). The van der Waals surface area contributed by atoms with Gasteiger partial charge < -0.3 is 5.73 Å². The van der Waals surface area contributed by atoms with Crippen LogP contribution in [0.2, 0.25) is 0 Å². The largest absolute Gasteiger partial charge is 0.328 e. The first kappa shape index (κ1) is 32.0. The Morgan fingerprint density at radius 1 is 0.312 bits per heavy atom. The van der Waals surface area contributed by atoms with E-state index in [0.29, 0.717) is 6.04 Å². The number of nitrogens with two attached hydrogens (primary N) is 1. The van der Waals surface area contributed by atoms with Gasteiger partial charge >= 0.3 is 0 Å². The molecule has 1 nitrogen and oxygen atoms in total. The molecule has 2 N–H and O–H groups in total. The zero-order valence-electron chi connectivity index (χ0n) is 23.0. The lowest BCUT2D eigenvalue weighted by Gasteiger charge is -2.11. The second-order valence-corrected chi connectivity index (χ2v) is 10.8. The Bertz CT molecular complexity index is 314. The van der Waals surface area contributed by atoms with E-state index in [9.17, 15) is 0 Å². The molecule has 32 heavy (non-hydrogen) atoms. The molecule has 0 aliphatic carbocycles. The van der Waals surface area contributed by atoms with Crippen LogP contribution in [0.5, 0.6) is 0 Å². The minimum Gasteiger partial charge on any atom is -0.328 e. The lowest BCUT2D eigenvalue weighted by molar-refractivity contribution is 0.478. The van der Waals surface area contributed by atoms with Gasteiger partial charge in [0.15, 0.2) is 0 Å². The lowest BCUT2D eigenvalue weighted by atomic mass is 10.00. The summed E-state index contributed by atoms with van der Waals surface area (Å²) in [4.78, 5) is 0. The fourth-order valence-electron chi connectivity index (χ4n) is 4.99. The highest BCUT2D eigenvalue weighted by atomic mass is 14.6. The van der Waals surface area contributed by atoms with E-state index < -0.39 is 0 Å². The molecule has 0 aliphatic heterocycles. The summed E-state index contributed by atoms with van der Waals surface area (Å²) in [6.45, 7) is 4.60. The molecule has 0 amide bonds. The standard InChI is InChI=1S/C31H65N/c1-3-5-7-9-11-13-15-16-17-18-19-20-22-24-26-28-30-31(32)29-27-25-23-21-14-12-10-8-6-4-2/h31H,3-30,32H2,1-2H3. The average Bonchev–Trinajstić information content (AvgIpc) is 2.80. The molecule has 0 saturated heterocycles. The highest BCUT2D eigenvalue weighted by Crippen LogP contribution is 2.16. The summed E-state index contributed by atoms with van der Waals surface area (Å²) < 4.78 is 0. The minimum atomic E-state index is 0.468. The number of hydrogen-bond donors (Lipinski definition) is 1. The summed E-state index contributed by atoms with van der Waals surface area (Å²) in [7, 11) is 0. The van der Waals surface area contributed by atoms with Crippen LogP contribution in [0.1, 0.15) is 194 Å². The SMILES string of the molecule is CCCCCCCCCCCCCCCCCCC(N)CCCCCCCCCCCC. The smallest absolute Gasteiger partial charge is 0.00388 e. The van der Waals surface area contributed by atoms with Crippen LogP contribution in [0.25, 0.3) is 0 Å². The van der Waals surface area contributed by atoms with E-state index in [4.69, 9.17) is 5.73 Å². The highest BCUT2D eigenvalue weighted by Gasteiger charge is 2.02. The van der Waals surface area contributed by atoms with Crippen LogP contribution < -0.4 is 5.73 Å². The van der Waals surface area contributed by atoms with Crippen LogP contribution in [0.4, 0.5) is 0 Å². The first-order chi connectivity index (χ1) is 15.8. The first-order valence-electron chi connectivity index (χ1n) is 15.6. The van der Waals surface area contributed by atoms with Crippen molar-refractivity contribution in [2.45, 2.75) is 200 Å². The molecule has 0 aromatic heterocycles. The third kappa shape index (κ3) is 28.0. The summed E-state index contributed by atoms with van der Waals surface area (Å²) >= 11 is 0. The van der Waals surface area contributed by atoms with E-state index in [-0.39, 0.29) is 0 Å². The van der Waals surface area contributed by atoms with Crippen LogP contribution in [-0.2, 0) is 0 Å². The van der Waals surface area contributed by atoms with Gasteiger partial charge in [-0.05, 0) is 12.8 Å². The van der Waals surface area contributed by atoms with Gasteiger partial charge in [-0.2, -0.15) is 0 Å². The molecule has 0 saturated carbocycles. The van der Waals surface area contributed by atoms with Gasteiger partial charge in [-0.15, -0.1) is 0 Å². The second-order valence-electron chi connectivity index (χ2n) is 10.8. The van der Waals surface area contributed by atoms with Crippen LogP contribution in [0.15, 0.2) is 0 Å². The van der Waals surface area contributed by atoms with Gasteiger partial charge in [0, 0.05) is 6.04 Å². The van der Waals surface area contributed by atoms with Crippen molar-refractivity contribution in [2.75, 3.05) is 0 Å². The molecular formula is C31H65N. The summed E-state index contributed by atoms with van der Waals surface area (Å²) in [5.41, 5.74) is 6.34. The summed E-state index contributed by atoms with van der Waals surface area (Å²) in [6.07, 6.45) is 39.9. The van der Waals surface area contributed by atoms with Crippen molar-refractivity contribution in [2.24, 2.45) is 5.73 Å². The third-order valence-electron chi connectivity index (χ3n) is 7.36. The first-order valence-corrected chi connectivity index (χ1v) is 15.6. The summed E-state index contributed by atoms with van der Waals surface area (Å²) in [5.74, 6) is 0. The Balaban J connectivity index is 3.12. The van der Waals surface area contributed by atoms with Crippen molar-refractivity contribution in [1.82, 2.24) is 0 Å². The molecule has 0 fully saturated rings. The Labute approximate surface area is 205 Å². The van der Waals surface area contributed by atoms with E-state index in [1.807, 2.05) is 0 Å². The zero-order valence-corrected chi connectivity index (χ0v) is 23.0. The normalized spacial score (nSPS) is 12.5. The lowest BCUT2D eigenvalue weighted by Crippen LogP contribution is -2.19. The Morgan fingerprint density at radius 2 is 0.500 bits per heavy atom. The molecule has 0 aromatic carbocycles. The number of rotatable bonds is 28. The monoisotopic (exact) mass is 452 g/mol. The van der Waals surface area contributed by atoms with Crippen molar-refractivity contribution in [3.05, 3.63) is 0 Å². The average molecular weight is 452 g/mol. The van der Waals surface area contributed by atoms with Crippen LogP contribution >= 0.6 is 0 Å². The van der Waals surface area contributed by atoms with Gasteiger partial charge in [0.05, 0.1) is 0 Å². The fourth-order valence-corrected chi connectivity index (χ4v) is 4.99. The summed E-state index contributed by atoms with van der Waals surface area (Å²) in [5, 5.41) is 0. The second kappa shape index (κ2) is 29.0. The Morgan fingerprint density at radius 3 is 0.719 bits per heavy atom. The van der Waals surface area contributed by atoms with E-state index in [0.717, 1.165) is 0 Å².